The molecular weight excluding hydrogens is 320 g/mol. The van der Waals surface area contributed by atoms with E-state index in [0.29, 0.717) is 5.56 Å². The molecule has 26 heavy (non-hydrogen) atoms. The lowest BCUT2D eigenvalue weighted by Crippen LogP contribution is -1.94. The first-order valence-corrected chi connectivity index (χ1v) is 8.48. The number of benzene rings is 3. The summed E-state index contributed by atoms with van der Waals surface area (Å²) in [5.41, 5.74) is 6.06. The fourth-order valence-electron chi connectivity index (χ4n) is 2.70. The monoisotopic (exact) mass is 340 g/mol. The van der Waals surface area contributed by atoms with E-state index < -0.39 is 5.97 Å². The van der Waals surface area contributed by atoms with Crippen molar-refractivity contribution in [1.29, 1.82) is 0 Å². The molecule has 2 heteroatoms. The highest BCUT2D eigenvalue weighted by atomic mass is 16.4. The number of aryl methyl sites for hydroxylation is 1. The van der Waals surface area contributed by atoms with Crippen molar-refractivity contribution in [3.63, 3.8) is 0 Å². The van der Waals surface area contributed by atoms with Gasteiger partial charge in [0.25, 0.3) is 0 Å². The van der Waals surface area contributed by atoms with Crippen LogP contribution in [0.1, 0.15) is 27.0 Å². The summed E-state index contributed by atoms with van der Waals surface area (Å²) in [7, 11) is 0. The van der Waals surface area contributed by atoms with Crippen molar-refractivity contribution in [1.82, 2.24) is 0 Å². The van der Waals surface area contributed by atoms with Crippen LogP contribution in [0.2, 0.25) is 0 Å². The smallest absolute Gasteiger partial charge is 0.335 e. The standard InChI is InChI=1S/C24H20O2/c1-18-10-14-21(15-11-18)23-9-5-4-8-20(23)7-3-2-6-19-12-16-22(17-13-19)24(25)26/h2-17H,1H3,(H,25,26). The van der Waals surface area contributed by atoms with Crippen molar-refractivity contribution in [2.45, 2.75) is 6.92 Å². The molecule has 3 rings (SSSR count). The molecule has 0 aliphatic rings. The van der Waals surface area contributed by atoms with Crippen LogP contribution >= 0.6 is 0 Å². The Bertz CT molecular complexity index is 946. The number of allylic oxidation sites excluding steroid dienone is 2. The highest BCUT2D eigenvalue weighted by molar-refractivity contribution is 5.87. The maximum Gasteiger partial charge on any atom is 0.335 e. The van der Waals surface area contributed by atoms with Gasteiger partial charge < -0.3 is 5.11 Å². The SMILES string of the molecule is Cc1ccc(-c2ccccc2C=CC=Cc2ccc(C(=O)O)cc2)cc1. The third-order valence-corrected chi connectivity index (χ3v) is 4.16. The predicted octanol–water partition coefficient (Wildman–Crippen LogP) is 6.09. The van der Waals surface area contributed by atoms with E-state index >= 15 is 0 Å². The number of carbonyl (C=O) groups is 1. The van der Waals surface area contributed by atoms with E-state index in [4.69, 9.17) is 5.11 Å². The molecular formula is C24H20O2. The molecule has 0 aliphatic carbocycles. The van der Waals surface area contributed by atoms with Gasteiger partial charge in [-0.1, -0.05) is 90.5 Å². The number of carboxylic acid groups (broad SMARTS) is 1. The van der Waals surface area contributed by atoms with E-state index in [1.165, 1.54) is 16.7 Å². The van der Waals surface area contributed by atoms with E-state index in [2.05, 4.69) is 49.4 Å². The molecule has 2 nitrogen and oxygen atoms in total. The summed E-state index contributed by atoms with van der Waals surface area (Å²) in [6.45, 7) is 2.09. The average Bonchev–Trinajstić information content (AvgIpc) is 2.67. The molecule has 0 radical (unpaired) electrons. The molecule has 0 saturated carbocycles. The first-order chi connectivity index (χ1) is 12.6. The van der Waals surface area contributed by atoms with Crippen LogP contribution in [0.25, 0.3) is 23.3 Å². The van der Waals surface area contributed by atoms with Gasteiger partial charge in [0.1, 0.15) is 0 Å². The Hall–Kier alpha value is -3.39. The summed E-state index contributed by atoms with van der Waals surface area (Å²) in [5.74, 6) is -0.909. The van der Waals surface area contributed by atoms with Crippen LogP contribution in [0.15, 0.2) is 84.9 Å². The molecule has 3 aromatic carbocycles. The maximum absolute atomic E-state index is 10.9. The Morgan fingerprint density at radius 2 is 1.46 bits per heavy atom. The topological polar surface area (TPSA) is 37.3 Å². The van der Waals surface area contributed by atoms with Crippen LogP contribution in [-0.2, 0) is 0 Å². The van der Waals surface area contributed by atoms with E-state index in [1.807, 2.05) is 30.4 Å². The summed E-state index contributed by atoms with van der Waals surface area (Å²) in [6.07, 6.45) is 7.99. The minimum Gasteiger partial charge on any atom is -0.478 e. The molecule has 0 unspecified atom stereocenters. The van der Waals surface area contributed by atoms with Crippen LogP contribution in [-0.4, -0.2) is 11.1 Å². The molecule has 0 amide bonds. The maximum atomic E-state index is 10.9. The molecule has 0 atom stereocenters. The van der Waals surface area contributed by atoms with E-state index in [0.717, 1.165) is 11.1 Å². The molecule has 0 aromatic heterocycles. The van der Waals surface area contributed by atoms with Crippen LogP contribution in [0, 0.1) is 6.92 Å². The molecule has 0 saturated heterocycles. The number of aromatic carboxylic acids is 1. The van der Waals surface area contributed by atoms with Gasteiger partial charge in [-0.05, 0) is 41.3 Å². The predicted molar refractivity (Wildman–Crippen MR) is 108 cm³/mol. The first-order valence-electron chi connectivity index (χ1n) is 8.48. The second-order valence-corrected chi connectivity index (χ2v) is 6.10. The van der Waals surface area contributed by atoms with Gasteiger partial charge in [-0.25, -0.2) is 4.79 Å². The highest BCUT2D eigenvalue weighted by Crippen LogP contribution is 2.25. The van der Waals surface area contributed by atoms with Gasteiger partial charge in [-0.3, -0.25) is 0 Å². The van der Waals surface area contributed by atoms with Gasteiger partial charge in [0.05, 0.1) is 5.56 Å². The number of hydrogen-bond acceptors (Lipinski definition) is 1. The van der Waals surface area contributed by atoms with Gasteiger partial charge in [0, 0.05) is 0 Å². The van der Waals surface area contributed by atoms with Crippen LogP contribution in [0.4, 0.5) is 0 Å². The fourth-order valence-corrected chi connectivity index (χ4v) is 2.70. The molecule has 128 valence electrons. The molecule has 0 fully saturated rings. The molecule has 0 heterocycles. The largest absolute Gasteiger partial charge is 0.478 e. The second-order valence-electron chi connectivity index (χ2n) is 6.10. The summed E-state index contributed by atoms with van der Waals surface area (Å²) in [5, 5.41) is 8.92. The van der Waals surface area contributed by atoms with Crippen LogP contribution in [0.5, 0.6) is 0 Å². The quantitative estimate of drug-likeness (QED) is 0.571. The Kier molecular flexibility index (Phi) is 5.45. The Labute approximate surface area is 153 Å². The zero-order chi connectivity index (χ0) is 18.4. The average molecular weight is 340 g/mol. The lowest BCUT2D eigenvalue weighted by molar-refractivity contribution is 0.0697. The van der Waals surface area contributed by atoms with Crippen molar-refractivity contribution in [3.8, 4) is 11.1 Å². The third-order valence-electron chi connectivity index (χ3n) is 4.16. The van der Waals surface area contributed by atoms with E-state index in [-0.39, 0.29) is 0 Å². The summed E-state index contributed by atoms with van der Waals surface area (Å²) in [4.78, 5) is 10.9. The highest BCUT2D eigenvalue weighted by Gasteiger charge is 2.01. The van der Waals surface area contributed by atoms with Crippen molar-refractivity contribution in [3.05, 3.63) is 107 Å². The minimum atomic E-state index is -0.909. The lowest BCUT2D eigenvalue weighted by Gasteiger charge is -2.06. The van der Waals surface area contributed by atoms with E-state index in [9.17, 15) is 4.79 Å². The van der Waals surface area contributed by atoms with Gasteiger partial charge in [-0.15, -0.1) is 0 Å². The van der Waals surface area contributed by atoms with Gasteiger partial charge in [0.2, 0.25) is 0 Å². The Morgan fingerprint density at radius 1 is 0.808 bits per heavy atom. The molecule has 0 spiro atoms. The number of hydrogen-bond donors (Lipinski definition) is 1. The Balaban J connectivity index is 1.76. The van der Waals surface area contributed by atoms with Crippen LogP contribution in [0.3, 0.4) is 0 Å². The van der Waals surface area contributed by atoms with Gasteiger partial charge in [0.15, 0.2) is 0 Å². The summed E-state index contributed by atoms with van der Waals surface area (Å²) < 4.78 is 0. The van der Waals surface area contributed by atoms with Crippen molar-refractivity contribution < 1.29 is 9.90 Å². The van der Waals surface area contributed by atoms with Crippen molar-refractivity contribution >= 4 is 18.1 Å². The molecule has 0 bridgehead atoms. The number of carboxylic acids is 1. The first kappa shape index (κ1) is 17.4. The lowest BCUT2D eigenvalue weighted by atomic mass is 9.98. The van der Waals surface area contributed by atoms with Crippen molar-refractivity contribution in [2.75, 3.05) is 0 Å². The number of rotatable bonds is 5. The Morgan fingerprint density at radius 3 is 2.15 bits per heavy atom. The minimum absolute atomic E-state index is 0.296. The molecule has 1 N–H and O–H groups in total. The zero-order valence-corrected chi connectivity index (χ0v) is 14.6. The molecule has 0 aliphatic heterocycles. The zero-order valence-electron chi connectivity index (χ0n) is 14.6. The normalized spacial score (nSPS) is 11.3. The third kappa shape index (κ3) is 4.37. The molecule has 3 aromatic rings. The fraction of sp³-hybridized carbons (Fsp3) is 0.0417. The summed E-state index contributed by atoms with van der Waals surface area (Å²) in [6, 6.07) is 23.6. The van der Waals surface area contributed by atoms with Crippen LogP contribution < -0.4 is 0 Å². The van der Waals surface area contributed by atoms with Crippen molar-refractivity contribution in [2.24, 2.45) is 0 Å². The van der Waals surface area contributed by atoms with E-state index in [1.54, 1.807) is 24.3 Å². The summed E-state index contributed by atoms with van der Waals surface area (Å²) >= 11 is 0. The second kappa shape index (κ2) is 8.13. The van der Waals surface area contributed by atoms with Gasteiger partial charge in [-0.2, -0.15) is 0 Å². The van der Waals surface area contributed by atoms with Gasteiger partial charge >= 0.3 is 5.97 Å².